The number of aliphatic carboxylic acids is 1. The van der Waals surface area contributed by atoms with Gasteiger partial charge in [0.05, 0.1) is 26.5 Å². The highest BCUT2D eigenvalue weighted by atomic mass is 32.2. The number of carboxylic acids is 1. The van der Waals surface area contributed by atoms with E-state index in [2.05, 4.69) is 31.0 Å². The third-order valence-corrected chi connectivity index (χ3v) is 8.22. The first kappa shape index (κ1) is 26.7. The number of methoxy groups -OCH3 is 2. The fourth-order valence-electron chi connectivity index (χ4n) is 3.52. The van der Waals surface area contributed by atoms with Crippen LogP contribution in [0, 0.1) is 0 Å². The summed E-state index contributed by atoms with van der Waals surface area (Å²) >= 11 is 1.36. The summed E-state index contributed by atoms with van der Waals surface area (Å²) in [6.45, 7) is 4.30. The molecule has 0 unspecified atom stereocenters. The van der Waals surface area contributed by atoms with Crippen molar-refractivity contribution < 1.29 is 27.8 Å². The van der Waals surface area contributed by atoms with Gasteiger partial charge in [-0.2, -0.15) is 4.31 Å². The molecule has 8 nitrogen and oxygen atoms in total. The molecule has 0 saturated carbocycles. The highest BCUT2D eigenvalue weighted by Gasteiger charge is 2.29. The second kappa shape index (κ2) is 11.7. The van der Waals surface area contributed by atoms with Crippen LogP contribution < -0.4 is 9.47 Å². The molecular weight excluding hydrogens is 488 g/mol. The zero-order chi connectivity index (χ0) is 25.6. The Morgan fingerprint density at radius 1 is 1.11 bits per heavy atom. The Morgan fingerprint density at radius 2 is 1.83 bits per heavy atom. The minimum atomic E-state index is -4.04. The quantitative estimate of drug-likeness (QED) is 0.359. The number of hydrogen-bond donors (Lipinski definition) is 1. The number of thiazole rings is 1. The maximum Gasteiger partial charge on any atom is 0.303 e. The molecule has 0 bridgehead atoms. The maximum absolute atomic E-state index is 13.7. The summed E-state index contributed by atoms with van der Waals surface area (Å²) in [6, 6.07) is 12.7. The molecule has 0 aliphatic carbocycles. The fourth-order valence-corrected chi connectivity index (χ4v) is 6.03. The number of nitrogens with zero attached hydrogens (tertiary/aromatic N) is 2. The van der Waals surface area contributed by atoms with Crippen LogP contribution in [0.15, 0.2) is 52.7 Å². The molecule has 1 aromatic heterocycles. The summed E-state index contributed by atoms with van der Waals surface area (Å²) in [4.78, 5) is 15.7. The molecular formula is C25H30N2O6S2. The number of rotatable bonds is 12. The molecule has 10 heteroatoms. The van der Waals surface area contributed by atoms with Gasteiger partial charge in [0.25, 0.3) is 0 Å². The summed E-state index contributed by atoms with van der Waals surface area (Å²) in [6.07, 6.45) is 0.0162. The molecule has 0 radical (unpaired) electrons. The third-order valence-electron chi connectivity index (χ3n) is 5.52. The lowest BCUT2D eigenvalue weighted by atomic mass is 10.0. The van der Waals surface area contributed by atoms with E-state index < -0.39 is 16.0 Å². The first-order valence-corrected chi connectivity index (χ1v) is 13.5. The van der Waals surface area contributed by atoms with Crippen molar-refractivity contribution in [2.24, 2.45) is 0 Å². The van der Waals surface area contributed by atoms with E-state index in [0.29, 0.717) is 16.7 Å². The Morgan fingerprint density at radius 3 is 2.43 bits per heavy atom. The van der Waals surface area contributed by atoms with Gasteiger partial charge in [-0.3, -0.25) is 4.79 Å². The molecule has 35 heavy (non-hydrogen) atoms. The van der Waals surface area contributed by atoms with Crippen molar-refractivity contribution in [1.29, 1.82) is 0 Å². The van der Waals surface area contributed by atoms with Gasteiger partial charge in [-0.1, -0.05) is 38.1 Å². The van der Waals surface area contributed by atoms with Gasteiger partial charge in [0.2, 0.25) is 10.0 Å². The Bertz CT molecular complexity index is 1250. The van der Waals surface area contributed by atoms with Gasteiger partial charge in [-0.05, 0) is 30.0 Å². The lowest BCUT2D eigenvalue weighted by Crippen LogP contribution is -2.32. The Hall–Kier alpha value is -2.95. The number of benzene rings is 2. The highest BCUT2D eigenvalue weighted by Crippen LogP contribution is 2.32. The van der Waals surface area contributed by atoms with Crippen molar-refractivity contribution in [1.82, 2.24) is 9.29 Å². The Balaban J connectivity index is 1.91. The zero-order valence-electron chi connectivity index (χ0n) is 20.2. The van der Waals surface area contributed by atoms with E-state index in [0.717, 1.165) is 11.3 Å². The van der Waals surface area contributed by atoms with Crippen molar-refractivity contribution in [3.63, 3.8) is 0 Å². The topological polar surface area (TPSA) is 106 Å². The van der Waals surface area contributed by atoms with Crippen LogP contribution in [0.3, 0.4) is 0 Å². The average molecular weight is 519 g/mol. The number of carbonyl (C=O) groups is 1. The van der Waals surface area contributed by atoms with E-state index in [-0.39, 0.29) is 36.6 Å². The van der Waals surface area contributed by atoms with Crippen LogP contribution in [0.2, 0.25) is 0 Å². The lowest BCUT2D eigenvalue weighted by molar-refractivity contribution is -0.137. The molecule has 0 saturated heterocycles. The highest BCUT2D eigenvalue weighted by molar-refractivity contribution is 7.89. The van der Waals surface area contributed by atoms with E-state index in [1.165, 1.54) is 47.6 Å². The van der Waals surface area contributed by atoms with Gasteiger partial charge in [-0.25, -0.2) is 13.4 Å². The van der Waals surface area contributed by atoms with Crippen molar-refractivity contribution in [3.8, 4) is 22.8 Å². The molecule has 0 aliphatic heterocycles. The molecule has 2 aromatic carbocycles. The third kappa shape index (κ3) is 6.59. The predicted molar refractivity (Wildman–Crippen MR) is 136 cm³/mol. The first-order chi connectivity index (χ1) is 16.6. The summed E-state index contributed by atoms with van der Waals surface area (Å²) in [5.74, 6) is -0.00810. The summed E-state index contributed by atoms with van der Waals surface area (Å²) in [5.41, 5.74) is 2.95. The molecule has 0 atom stereocenters. The van der Waals surface area contributed by atoms with Crippen molar-refractivity contribution >= 4 is 27.3 Å². The predicted octanol–water partition coefficient (Wildman–Crippen LogP) is 5.01. The maximum atomic E-state index is 13.7. The van der Waals surface area contributed by atoms with Crippen LogP contribution >= 0.6 is 11.3 Å². The van der Waals surface area contributed by atoms with E-state index >= 15 is 0 Å². The SMILES string of the molecule is COc1ccc(OC)c(S(=O)(=O)N(CCCC(=O)O)Cc2nc(-c3ccc(C(C)C)cc3)cs2)c1. The second-order valence-electron chi connectivity index (χ2n) is 8.26. The number of ether oxygens (including phenoxy) is 2. The van der Waals surface area contributed by atoms with Crippen LogP contribution in [-0.4, -0.2) is 49.5 Å². The monoisotopic (exact) mass is 518 g/mol. The number of aromatic nitrogens is 1. The van der Waals surface area contributed by atoms with Crippen LogP contribution in [0.25, 0.3) is 11.3 Å². The van der Waals surface area contributed by atoms with Gasteiger partial charge >= 0.3 is 5.97 Å². The molecule has 1 N–H and O–H groups in total. The standard InChI is InChI=1S/C25H30N2O6S2/c1-17(2)18-7-9-19(10-8-18)21-16-34-24(26-21)15-27(13-5-6-25(28)29)35(30,31)23-14-20(32-3)11-12-22(23)33-4/h7-12,14,16-17H,5-6,13,15H2,1-4H3,(H,28,29). The van der Waals surface area contributed by atoms with Crippen molar-refractivity contribution in [3.05, 3.63) is 58.4 Å². The van der Waals surface area contributed by atoms with Gasteiger partial charge in [0.1, 0.15) is 21.4 Å². The molecule has 1 heterocycles. The largest absolute Gasteiger partial charge is 0.497 e. The number of sulfonamides is 1. The smallest absolute Gasteiger partial charge is 0.303 e. The molecule has 0 fully saturated rings. The minimum Gasteiger partial charge on any atom is -0.497 e. The summed E-state index contributed by atoms with van der Waals surface area (Å²) < 4.78 is 39.1. The molecule has 188 valence electrons. The first-order valence-electron chi connectivity index (χ1n) is 11.1. The van der Waals surface area contributed by atoms with Gasteiger partial charge in [-0.15, -0.1) is 11.3 Å². The van der Waals surface area contributed by atoms with Crippen LogP contribution in [0.1, 0.15) is 43.2 Å². The van der Waals surface area contributed by atoms with Crippen LogP contribution in [-0.2, 0) is 21.4 Å². The summed E-state index contributed by atoms with van der Waals surface area (Å²) in [5, 5.41) is 11.6. The van der Waals surface area contributed by atoms with Gasteiger partial charge in [0.15, 0.2) is 0 Å². The molecule has 3 aromatic rings. The fraction of sp³-hybridized carbons (Fsp3) is 0.360. The van der Waals surface area contributed by atoms with E-state index in [9.17, 15) is 13.2 Å². The Kier molecular flexibility index (Phi) is 8.87. The molecule has 0 aliphatic rings. The van der Waals surface area contributed by atoms with Crippen LogP contribution in [0.5, 0.6) is 11.5 Å². The Labute approximate surface area is 210 Å². The molecule has 0 amide bonds. The lowest BCUT2D eigenvalue weighted by Gasteiger charge is -2.22. The summed E-state index contributed by atoms with van der Waals surface area (Å²) in [7, 11) is -1.19. The van der Waals surface area contributed by atoms with Crippen LogP contribution in [0.4, 0.5) is 0 Å². The molecule has 3 rings (SSSR count). The van der Waals surface area contributed by atoms with Crippen molar-refractivity contribution in [2.45, 2.75) is 44.0 Å². The van der Waals surface area contributed by atoms with E-state index in [4.69, 9.17) is 14.6 Å². The van der Waals surface area contributed by atoms with E-state index in [1.807, 2.05) is 17.5 Å². The zero-order valence-corrected chi connectivity index (χ0v) is 21.9. The second-order valence-corrected chi connectivity index (χ2v) is 11.1. The van der Waals surface area contributed by atoms with Gasteiger partial charge < -0.3 is 14.6 Å². The minimum absolute atomic E-state index is 0.0110. The number of hydrogen-bond acceptors (Lipinski definition) is 7. The average Bonchev–Trinajstić information content (AvgIpc) is 3.31. The van der Waals surface area contributed by atoms with Gasteiger partial charge in [0, 0.05) is 30.0 Å². The number of carboxylic acid groups (broad SMARTS) is 1. The van der Waals surface area contributed by atoms with Crippen molar-refractivity contribution in [2.75, 3.05) is 20.8 Å². The normalized spacial score (nSPS) is 11.7. The molecule has 0 spiro atoms. The van der Waals surface area contributed by atoms with E-state index in [1.54, 1.807) is 6.07 Å².